The Morgan fingerprint density at radius 2 is 1.90 bits per heavy atom. The van der Waals surface area contributed by atoms with Crippen LogP contribution >= 0.6 is 0 Å². The zero-order valence-electron chi connectivity index (χ0n) is 16.2. The van der Waals surface area contributed by atoms with E-state index >= 15 is 0 Å². The first-order valence-electron chi connectivity index (χ1n) is 9.02. The smallest absolute Gasteiger partial charge is 0.265 e. The third-order valence-corrected chi connectivity index (χ3v) is 4.57. The van der Waals surface area contributed by atoms with E-state index in [1.54, 1.807) is 12.1 Å². The Balaban J connectivity index is 1.59. The normalized spacial score (nSPS) is 11.4. The van der Waals surface area contributed by atoms with Gasteiger partial charge in [-0.2, -0.15) is 10.1 Å². The maximum absolute atomic E-state index is 9.97. The standard InChI is InChI=1S/C20H20N6O3/c1-4-11-5-6-14-13(7-11)17-19(22-14)23-20(26-24-17)25-21-10-12-8-15(28-2)18(27)16(9-12)29-3/h5-10,27H,4H2,1-3H3,(H2,22,23,25,26). The SMILES string of the molecule is CCc1ccc2[nH]c3nc(NN=Cc4cc(OC)c(O)c(OC)c4)nnc3c2c1. The van der Waals surface area contributed by atoms with Crippen molar-refractivity contribution in [1.29, 1.82) is 0 Å². The second-order valence-electron chi connectivity index (χ2n) is 6.34. The summed E-state index contributed by atoms with van der Waals surface area (Å²) in [6.07, 6.45) is 2.49. The number of ether oxygens (including phenoxy) is 2. The maximum atomic E-state index is 9.97. The van der Waals surface area contributed by atoms with Crippen LogP contribution in [0.5, 0.6) is 17.2 Å². The molecule has 9 nitrogen and oxygen atoms in total. The Hall–Kier alpha value is -3.88. The summed E-state index contributed by atoms with van der Waals surface area (Å²) in [5.41, 5.74) is 6.97. The number of aromatic nitrogens is 4. The molecule has 0 atom stereocenters. The minimum absolute atomic E-state index is 0.0665. The number of hydrogen-bond donors (Lipinski definition) is 3. The largest absolute Gasteiger partial charge is 0.502 e. The lowest BCUT2D eigenvalue weighted by Crippen LogP contribution is -1.99. The first kappa shape index (κ1) is 18.5. The first-order valence-corrected chi connectivity index (χ1v) is 9.02. The summed E-state index contributed by atoms with van der Waals surface area (Å²) in [7, 11) is 2.93. The number of nitrogens with one attached hydrogen (secondary N) is 2. The van der Waals surface area contributed by atoms with Crippen molar-refractivity contribution in [3.05, 3.63) is 41.5 Å². The van der Waals surface area contributed by atoms with Crippen LogP contribution in [0.25, 0.3) is 22.1 Å². The molecule has 0 saturated heterocycles. The number of hydrogen-bond acceptors (Lipinski definition) is 8. The van der Waals surface area contributed by atoms with Gasteiger partial charge in [-0.1, -0.05) is 13.0 Å². The summed E-state index contributed by atoms with van der Waals surface area (Å²) >= 11 is 0. The predicted molar refractivity (Wildman–Crippen MR) is 111 cm³/mol. The lowest BCUT2D eigenvalue weighted by atomic mass is 10.1. The van der Waals surface area contributed by atoms with Crippen LogP contribution in [-0.2, 0) is 6.42 Å². The molecule has 0 aliphatic rings. The van der Waals surface area contributed by atoms with Crippen molar-refractivity contribution in [3.8, 4) is 17.2 Å². The molecular weight excluding hydrogens is 372 g/mol. The number of aromatic hydroxyl groups is 1. The van der Waals surface area contributed by atoms with Crippen molar-refractivity contribution in [2.24, 2.45) is 5.10 Å². The van der Waals surface area contributed by atoms with E-state index in [1.165, 1.54) is 26.0 Å². The number of H-pyrrole nitrogens is 1. The topological polar surface area (TPSA) is 118 Å². The second-order valence-corrected chi connectivity index (χ2v) is 6.34. The van der Waals surface area contributed by atoms with E-state index in [9.17, 15) is 5.11 Å². The molecule has 0 radical (unpaired) electrons. The Bertz CT molecular complexity index is 1190. The van der Waals surface area contributed by atoms with Crippen LogP contribution in [0.3, 0.4) is 0 Å². The summed E-state index contributed by atoms with van der Waals surface area (Å²) < 4.78 is 10.3. The average molecular weight is 392 g/mol. The third kappa shape index (κ3) is 3.49. The van der Waals surface area contributed by atoms with Gasteiger partial charge in [0, 0.05) is 16.5 Å². The van der Waals surface area contributed by atoms with E-state index in [0.29, 0.717) is 11.2 Å². The molecule has 0 amide bonds. The van der Waals surface area contributed by atoms with E-state index in [2.05, 4.69) is 49.7 Å². The van der Waals surface area contributed by atoms with Gasteiger partial charge in [-0.15, -0.1) is 10.2 Å². The highest BCUT2D eigenvalue weighted by molar-refractivity contribution is 6.03. The molecule has 2 heterocycles. The van der Waals surface area contributed by atoms with Crippen LogP contribution in [0.1, 0.15) is 18.1 Å². The number of phenolic OH excluding ortho intramolecular Hbond substituents is 1. The van der Waals surface area contributed by atoms with Crippen molar-refractivity contribution in [3.63, 3.8) is 0 Å². The van der Waals surface area contributed by atoms with Crippen LogP contribution in [0.4, 0.5) is 5.95 Å². The number of aryl methyl sites for hydroxylation is 1. The number of aromatic amines is 1. The van der Waals surface area contributed by atoms with E-state index in [4.69, 9.17) is 9.47 Å². The second kappa shape index (κ2) is 7.63. The molecule has 3 N–H and O–H groups in total. The van der Waals surface area contributed by atoms with Gasteiger partial charge < -0.3 is 19.6 Å². The summed E-state index contributed by atoms with van der Waals surface area (Å²) in [4.78, 5) is 7.69. The van der Waals surface area contributed by atoms with Crippen molar-refractivity contribution in [2.75, 3.05) is 19.6 Å². The molecular formula is C20H20N6O3. The number of anilines is 1. The number of methoxy groups -OCH3 is 2. The highest BCUT2D eigenvalue weighted by Crippen LogP contribution is 2.36. The number of benzene rings is 2. The fourth-order valence-corrected chi connectivity index (χ4v) is 3.04. The van der Waals surface area contributed by atoms with E-state index in [0.717, 1.165) is 22.8 Å². The molecule has 2 aromatic heterocycles. The van der Waals surface area contributed by atoms with Crippen molar-refractivity contribution < 1.29 is 14.6 Å². The summed E-state index contributed by atoms with van der Waals surface area (Å²) in [5, 5.41) is 23.5. The first-order chi connectivity index (χ1) is 14.1. The molecule has 0 unspecified atom stereocenters. The van der Waals surface area contributed by atoms with Crippen LogP contribution < -0.4 is 14.9 Å². The maximum Gasteiger partial charge on any atom is 0.265 e. The van der Waals surface area contributed by atoms with Crippen LogP contribution in [0.2, 0.25) is 0 Å². The zero-order valence-corrected chi connectivity index (χ0v) is 16.2. The quantitative estimate of drug-likeness (QED) is 0.340. The van der Waals surface area contributed by atoms with Crippen molar-refractivity contribution >= 4 is 34.2 Å². The van der Waals surface area contributed by atoms with Crippen molar-refractivity contribution in [2.45, 2.75) is 13.3 Å². The van der Waals surface area contributed by atoms with Gasteiger partial charge in [-0.05, 0) is 36.2 Å². The Morgan fingerprint density at radius 1 is 1.14 bits per heavy atom. The lowest BCUT2D eigenvalue weighted by molar-refractivity contribution is 0.340. The molecule has 4 rings (SSSR count). The number of hydrazone groups is 1. The molecule has 0 saturated carbocycles. The van der Waals surface area contributed by atoms with Crippen LogP contribution in [0.15, 0.2) is 35.4 Å². The summed E-state index contributed by atoms with van der Waals surface area (Å²) in [6.45, 7) is 2.11. The van der Waals surface area contributed by atoms with Gasteiger partial charge in [0.25, 0.3) is 5.95 Å². The van der Waals surface area contributed by atoms with Gasteiger partial charge in [-0.3, -0.25) is 0 Å². The van der Waals surface area contributed by atoms with E-state index in [-0.39, 0.29) is 23.2 Å². The number of rotatable bonds is 6. The van der Waals surface area contributed by atoms with Gasteiger partial charge in [0.15, 0.2) is 17.1 Å². The van der Waals surface area contributed by atoms with Gasteiger partial charge in [-0.25, -0.2) is 5.43 Å². The molecule has 0 aliphatic carbocycles. The third-order valence-electron chi connectivity index (χ3n) is 4.57. The Morgan fingerprint density at radius 3 is 2.59 bits per heavy atom. The fraction of sp³-hybridized carbons (Fsp3) is 0.200. The van der Waals surface area contributed by atoms with Crippen LogP contribution in [-0.4, -0.2) is 45.7 Å². The molecule has 0 spiro atoms. The van der Waals surface area contributed by atoms with Gasteiger partial charge in [0.2, 0.25) is 5.75 Å². The molecule has 29 heavy (non-hydrogen) atoms. The average Bonchev–Trinajstić information content (AvgIpc) is 3.11. The van der Waals surface area contributed by atoms with Crippen molar-refractivity contribution in [1.82, 2.24) is 20.2 Å². The number of fused-ring (bicyclic) bond motifs is 3. The highest BCUT2D eigenvalue weighted by atomic mass is 16.5. The molecule has 0 aliphatic heterocycles. The molecule has 0 bridgehead atoms. The molecule has 148 valence electrons. The molecule has 4 aromatic rings. The fourth-order valence-electron chi connectivity index (χ4n) is 3.04. The summed E-state index contributed by atoms with van der Waals surface area (Å²) in [5.74, 6) is 0.765. The van der Waals surface area contributed by atoms with E-state index < -0.39 is 0 Å². The minimum Gasteiger partial charge on any atom is -0.502 e. The Kier molecular flexibility index (Phi) is 4.86. The van der Waals surface area contributed by atoms with Gasteiger partial charge in [0.1, 0.15) is 5.52 Å². The number of phenols is 1. The minimum atomic E-state index is -0.0665. The van der Waals surface area contributed by atoms with Gasteiger partial charge in [0.05, 0.1) is 20.4 Å². The zero-order chi connectivity index (χ0) is 20.4. The van der Waals surface area contributed by atoms with Crippen LogP contribution in [0, 0.1) is 0 Å². The molecule has 2 aromatic carbocycles. The lowest BCUT2D eigenvalue weighted by Gasteiger charge is -2.09. The summed E-state index contributed by atoms with van der Waals surface area (Å²) in [6, 6.07) is 9.47. The number of nitrogens with zero attached hydrogens (tertiary/aromatic N) is 4. The van der Waals surface area contributed by atoms with E-state index in [1.807, 2.05) is 6.07 Å². The van der Waals surface area contributed by atoms with Gasteiger partial charge >= 0.3 is 0 Å². The Labute approximate surface area is 166 Å². The molecule has 0 fully saturated rings. The highest BCUT2D eigenvalue weighted by Gasteiger charge is 2.11. The molecule has 9 heteroatoms. The monoisotopic (exact) mass is 392 g/mol. The predicted octanol–water partition coefficient (Wildman–Crippen LogP) is 3.24.